The monoisotopic (exact) mass is 177 g/mol. The smallest absolute Gasteiger partial charge is 0.186 e. The van der Waals surface area contributed by atoms with E-state index in [9.17, 15) is 0 Å². The summed E-state index contributed by atoms with van der Waals surface area (Å²) in [6, 6.07) is 1.19. The molecule has 70 valence electrons. The molecule has 0 heterocycles. The Bertz CT molecular complexity index is 86.2. The van der Waals surface area contributed by atoms with Crippen molar-refractivity contribution in [2.75, 3.05) is 13.2 Å². The van der Waals surface area contributed by atoms with Crippen molar-refractivity contribution >= 4 is 8.32 Å². The maximum Gasteiger partial charge on any atom is 0.186 e. The van der Waals surface area contributed by atoms with Crippen LogP contribution in [0.15, 0.2) is 0 Å². The Labute approximate surface area is 72.3 Å². The van der Waals surface area contributed by atoms with Gasteiger partial charge in [0.05, 0.1) is 0 Å². The summed E-state index contributed by atoms with van der Waals surface area (Å²) >= 11 is 0. The summed E-state index contributed by atoms with van der Waals surface area (Å²) in [6.45, 7) is 8.18. The lowest BCUT2D eigenvalue weighted by atomic mass is 10.5. The molecule has 0 saturated carbocycles. The zero-order chi connectivity index (χ0) is 8.04. The van der Waals surface area contributed by atoms with E-state index in [1.165, 1.54) is 6.04 Å². The van der Waals surface area contributed by atoms with Gasteiger partial charge in [0.15, 0.2) is 8.32 Å². The largest absolute Gasteiger partial charge is 0.418 e. The fourth-order valence-electron chi connectivity index (χ4n) is 0.991. The average molecular weight is 177 g/mol. The lowest BCUT2D eigenvalue weighted by molar-refractivity contribution is 0.328. The molecule has 0 fully saturated rings. The highest BCUT2D eigenvalue weighted by Crippen LogP contribution is 2.12. The number of hydrogen-bond donors (Lipinski definition) is 1. The van der Waals surface area contributed by atoms with Crippen molar-refractivity contribution in [3.8, 4) is 0 Å². The highest BCUT2D eigenvalue weighted by atomic mass is 28.4. The predicted molar refractivity (Wildman–Crippen MR) is 54.3 cm³/mol. The summed E-state index contributed by atoms with van der Waals surface area (Å²) in [6.07, 6.45) is 1.11. The molecule has 0 amide bonds. The van der Waals surface area contributed by atoms with Gasteiger partial charge in [0.1, 0.15) is 0 Å². The van der Waals surface area contributed by atoms with Gasteiger partial charge in [0.2, 0.25) is 0 Å². The average Bonchev–Trinajstić information content (AvgIpc) is 1.84. The van der Waals surface area contributed by atoms with E-state index >= 15 is 0 Å². The Kier molecular flexibility index (Phi) is 8.50. The quantitative estimate of drug-likeness (QED) is 0.654. The molecule has 0 aromatic carbocycles. The highest BCUT2D eigenvalue weighted by Gasteiger charge is 2.19. The van der Waals surface area contributed by atoms with Crippen molar-refractivity contribution in [2.45, 2.75) is 39.9 Å². The molecule has 0 unspecified atom stereocenters. The molecule has 0 aromatic rings. The predicted octanol–water partition coefficient (Wildman–Crippen LogP) is 2.21. The van der Waals surface area contributed by atoms with E-state index in [0.29, 0.717) is 0 Å². The zero-order valence-electron chi connectivity index (χ0n) is 7.31. The summed E-state index contributed by atoms with van der Waals surface area (Å²) in [4.78, 5) is 0. The van der Waals surface area contributed by atoms with Crippen molar-refractivity contribution in [3.05, 3.63) is 0 Å². The fourth-order valence-corrected chi connectivity index (χ4v) is 2.97. The van der Waals surface area contributed by atoms with Crippen LogP contribution in [0.4, 0.5) is 0 Å². The van der Waals surface area contributed by atoms with Crippen LogP contribution in [0.5, 0.6) is 0 Å². The lowest BCUT2D eigenvalue weighted by Gasteiger charge is -2.21. The van der Waals surface area contributed by atoms with Gasteiger partial charge in [-0.1, -0.05) is 7.43 Å². The Morgan fingerprint density at radius 3 is 2.27 bits per heavy atom. The maximum atomic E-state index is 5.61. The number of nitrogens with two attached hydrogens (primary N) is 1. The third-order valence-corrected chi connectivity index (χ3v) is 4.15. The van der Waals surface area contributed by atoms with Gasteiger partial charge < -0.3 is 10.2 Å². The van der Waals surface area contributed by atoms with E-state index in [1.807, 2.05) is 0 Å². The molecule has 0 rings (SSSR count). The summed E-state index contributed by atoms with van der Waals surface area (Å²) in [7, 11) is -1.30. The van der Waals surface area contributed by atoms with Gasteiger partial charge in [-0.25, -0.2) is 0 Å². The van der Waals surface area contributed by atoms with Gasteiger partial charge >= 0.3 is 0 Å². The molecule has 11 heavy (non-hydrogen) atoms. The van der Waals surface area contributed by atoms with Gasteiger partial charge in [0, 0.05) is 6.61 Å². The molecule has 2 nitrogen and oxygen atoms in total. The summed E-state index contributed by atoms with van der Waals surface area (Å²) in [5, 5.41) is 0. The van der Waals surface area contributed by atoms with E-state index < -0.39 is 8.32 Å². The Morgan fingerprint density at radius 1 is 1.36 bits per heavy atom. The van der Waals surface area contributed by atoms with Gasteiger partial charge in [0.25, 0.3) is 0 Å². The summed E-state index contributed by atoms with van der Waals surface area (Å²) in [5.74, 6) is 0. The van der Waals surface area contributed by atoms with E-state index in [0.717, 1.165) is 19.6 Å². The van der Waals surface area contributed by atoms with Gasteiger partial charge in [-0.15, -0.1) is 0 Å². The van der Waals surface area contributed by atoms with Gasteiger partial charge in [-0.05, 0) is 39.0 Å². The minimum absolute atomic E-state index is 0. The van der Waals surface area contributed by atoms with Crippen LogP contribution < -0.4 is 5.73 Å². The van der Waals surface area contributed by atoms with Crippen molar-refractivity contribution < 1.29 is 4.43 Å². The van der Waals surface area contributed by atoms with Crippen LogP contribution in [0.25, 0.3) is 0 Å². The number of hydrogen-bond acceptors (Lipinski definition) is 2. The van der Waals surface area contributed by atoms with Crippen molar-refractivity contribution in [1.29, 1.82) is 0 Å². The molecule has 2 N–H and O–H groups in total. The second-order valence-corrected chi connectivity index (χ2v) is 7.39. The third kappa shape index (κ3) is 8.04. The van der Waals surface area contributed by atoms with Crippen molar-refractivity contribution in [2.24, 2.45) is 5.73 Å². The second-order valence-electron chi connectivity index (χ2n) is 3.08. The highest BCUT2D eigenvalue weighted by molar-refractivity contribution is 6.71. The zero-order valence-corrected chi connectivity index (χ0v) is 8.31. The molecular weight excluding hydrogens is 154 g/mol. The van der Waals surface area contributed by atoms with Gasteiger partial charge in [-0.2, -0.15) is 0 Å². The van der Waals surface area contributed by atoms with Crippen molar-refractivity contribution in [1.82, 2.24) is 0 Å². The minimum Gasteiger partial charge on any atom is -0.418 e. The summed E-state index contributed by atoms with van der Waals surface area (Å²) in [5.41, 5.74) is 5.40. The van der Waals surface area contributed by atoms with Crippen molar-refractivity contribution in [3.63, 3.8) is 0 Å². The van der Waals surface area contributed by atoms with E-state index in [-0.39, 0.29) is 7.43 Å². The molecule has 0 bridgehead atoms. The fraction of sp³-hybridized carbons (Fsp3) is 1.00. The molecule has 0 aliphatic carbocycles. The minimum atomic E-state index is -1.30. The van der Waals surface area contributed by atoms with Crippen LogP contribution in [0, 0.1) is 0 Å². The maximum absolute atomic E-state index is 5.61. The first-order valence-corrected chi connectivity index (χ1v) is 7.08. The van der Waals surface area contributed by atoms with Crippen LogP contribution in [0.2, 0.25) is 19.1 Å². The SMILES string of the molecule is C.CCO[Si](C)(C)CCCN. The van der Waals surface area contributed by atoms with Crippen LogP contribution in [-0.2, 0) is 4.43 Å². The molecule has 0 radical (unpaired) electrons. The van der Waals surface area contributed by atoms with Crippen LogP contribution in [-0.4, -0.2) is 21.5 Å². The normalized spacial score (nSPS) is 10.9. The lowest BCUT2D eigenvalue weighted by Crippen LogP contribution is -2.30. The molecule has 3 heteroatoms. The Balaban J connectivity index is 0. The third-order valence-electron chi connectivity index (χ3n) is 1.52. The molecule has 0 atom stereocenters. The molecule has 0 spiro atoms. The Morgan fingerprint density at radius 2 is 1.91 bits per heavy atom. The molecule has 0 saturated heterocycles. The van der Waals surface area contributed by atoms with Gasteiger partial charge in [-0.3, -0.25) is 0 Å². The molecule has 0 aromatic heterocycles. The van der Waals surface area contributed by atoms with Crippen LogP contribution >= 0.6 is 0 Å². The second kappa shape index (κ2) is 6.82. The van der Waals surface area contributed by atoms with E-state index in [4.69, 9.17) is 10.2 Å². The van der Waals surface area contributed by atoms with E-state index in [2.05, 4.69) is 20.0 Å². The standard InChI is InChI=1S/C7H19NOSi.CH4/c1-4-9-10(2,3)7-5-6-8;/h4-8H2,1-3H3;1H4. The molecule has 0 aliphatic heterocycles. The van der Waals surface area contributed by atoms with E-state index in [1.54, 1.807) is 0 Å². The summed E-state index contributed by atoms with van der Waals surface area (Å²) < 4.78 is 5.61. The first-order valence-electron chi connectivity index (χ1n) is 3.96. The molecule has 0 aliphatic rings. The Hall–Kier alpha value is 0.137. The van der Waals surface area contributed by atoms with Crippen LogP contribution in [0.3, 0.4) is 0 Å². The first-order chi connectivity index (χ1) is 4.62. The first kappa shape index (κ1) is 13.7. The topological polar surface area (TPSA) is 35.2 Å². The molecular formula is C8H23NOSi. The van der Waals surface area contributed by atoms with Crippen LogP contribution in [0.1, 0.15) is 20.8 Å². The number of rotatable bonds is 5.